The van der Waals surface area contributed by atoms with Crippen molar-refractivity contribution in [1.29, 1.82) is 0 Å². The first-order valence-corrected chi connectivity index (χ1v) is 5.76. The fraction of sp³-hybridized carbons (Fsp3) is 0.333. The number of ether oxygens (including phenoxy) is 1. The van der Waals surface area contributed by atoms with Gasteiger partial charge in [0.15, 0.2) is 5.11 Å². The quantitative estimate of drug-likeness (QED) is 0.487. The summed E-state index contributed by atoms with van der Waals surface area (Å²) in [7, 11) is 1.64. The lowest BCUT2D eigenvalue weighted by Crippen LogP contribution is -2.36. The third-order valence-corrected chi connectivity index (χ3v) is 2.12. The van der Waals surface area contributed by atoms with E-state index in [1.807, 2.05) is 38.1 Å². The van der Waals surface area contributed by atoms with Gasteiger partial charge in [-0.3, -0.25) is 5.43 Å². The summed E-state index contributed by atoms with van der Waals surface area (Å²) in [5, 5.41) is 7.58. The molecular weight excluding hydrogens is 234 g/mol. The van der Waals surface area contributed by atoms with Crippen LogP contribution in [0.1, 0.15) is 19.4 Å². The minimum atomic E-state index is 0.297. The van der Waals surface area contributed by atoms with E-state index in [1.165, 1.54) is 0 Å². The van der Waals surface area contributed by atoms with Crippen LogP contribution in [0.3, 0.4) is 0 Å². The molecule has 0 heterocycles. The first-order chi connectivity index (χ1) is 8.11. The molecule has 0 radical (unpaired) electrons. The van der Waals surface area contributed by atoms with Gasteiger partial charge in [0.2, 0.25) is 0 Å². The molecule has 0 atom stereocenters. The van der Waals surface area contributed by atoms with E-state index < -0.39 is 0 Å². The van der Waals surface area contributed by atoms with Crippen molar-refractivity contribution < 1.29 is 4.74 Å². The second kappa shape index (κ2) is 6.85. The average Bonchev–Trinajstić information content (AvgIpc) is 2.29. The molecule has 0 amide bonds. The lowest BCUT2D eigenvalue weighted by atomic mass is 10.2. The van der Waals surface area contributed by atoms with Gasteiger partial charge in [0.1, 0.15) is 5.75 Å². The number of nitrogens with one attached hydrogen (secondary N) is 2. The minimum absolute atomic E-state index is 0.297. The van der Waals surface area contributed by atoms with Crippen LogP contribution in [-0.2, 0) is 0 Å². The van der Waals surface area contributed by atoms with Gasteiger partial charge >= 0.3 is 0 Å². The van der Waals surface area contributed by atoms with E-state index in [4.69, 9.17) is 17.0 Å². The molecule has 17 heavy (non-hydrogen) atoms. The number of hydrazone groups is 1. The third-order valence-electron chi connectivity index (χ3n) is 1.92. The van der Waals surface area contributed by atoms with Gasteiger partial charge in [-0.1, -0.05) is 0 Å². The Kier molecular flexibility index (Phi) is 5.42. The van der Waals surface area contributed by atoms with E-state index in [2.05, 4.69) is 15.8 Å². The maximum absolute atomic E-state index is 5.06. The Morgan fingerprint density at radius 2 is 2.00 bits per heavy atom. The number of thiocarbonyl (C=S) groups is 1. The standard InChI is InChI=1S/C12H17N3OS/c1-9(2)14-12(17)15-13-8-10-4-6-11(16-3)7-5-10/h4-9H,1-3H3,(H2,14,15,17)/b13-8+. The van der Waals surface area contributed by atoms with Crippen LogP contribution in [0, 0.1) is 0 Å². The van der Waals surface area contributed by atoms with E-state index in [-0.39, 0.29) is 0 Å². The number of nitrogens with zero attached hydrogens (tertiary/aromatic N) is 1. The Labute approximate surface area is 107 Å². The molecule has 0 bridgehead atoms. The van der Waals surface area contributed by atoms with Gasteiger partial charge in [0.05, 0.1) is 13.3 Å². The van der Waals surface area contributed by atoms with Crippen molar-refractivity contribution in [2.75, 3.05) is 7.11 Å². The molecule has 0 aliphatic rings. The maximum atomic E-state index is 5.06. The van der Waals surface area contributed by atoms with Crippen LogP contribution >= 0.6 is 12.2 Å². The zero-order valence-electron chi connectivity index (χ0n) is 10.2. The SMILES string of the molecule is COc1ccc(/C=N/NC(=S)NC(C)C)cc1. The van der Waals surface area contributed by atoms with Crippen molar-refractivity contribution in [3.05, 3.63) is 29.8 Å². The molecule has 2 N–H and O–H groups in total. The highest BCUT2D eigenvalue weighted by Crippen LogP contribution is 2.09. The Morgan fingerprint density at radius 1 is 1.35 bits per heavy atom. The molecule has 0 aromatic heterocycles. The Hall–Kier alpha value is -1.62. The average molecular weight is 251 g/mol. The van der Waals surface area contributed by atoms with E-state index in [0.717, 1.165) is 11.3 Å². The van der Waals surface area contributed by atoms with Crippen LogP contribution in [0.5, 0.6) is 5.75 Å². The molecule has 1 aromatic rings. The first kappa shape index (κ1) is 13.4. The summed E-state index contributed by atoms with van der Waals surface area (Å²) in [6, 6.07) is 7.90. The molecule has 1 aromatic carbocycles. The van der Waals surface area contributed by atoms with Crippen molar-refractivity contribution in [1.82, 2.24) is 10.7 Å². The van der Waals surface area contributed by atoms with Gasteiger partial charge in [-0.2, -0.15) is 5.10 Å². The summed E-state index contributed by atoms with van der Waals surface area (Å²) in [6.45, 7) is 4.03. The lowest BCUT2D eigenvalue weighted by Gasteiger charge is -2.09. The van der Waals surface area contributed by atoms with Crippen molar-refractivity contribution in [3.63, 3.8) is 0 Å². The van der Waals surface area contributed by atoms with Gasteiger partial charge in [0, 0.05) is 6.04 Å². The van der Waals surface area contributed by atoms with E-state index in [1.54, 1.807) is 13.3 Å². The zero-order valence-corrected chi connectivity index (χ0v) is 11.0. The fourth-order valence-corrected chi connectivity index (χ4v) is 1.44. The topological polar surface area (TPSA) is 45.6 Å². The number of rotatable bonds is 4. The molecule has 0 aliphatic carbocycles. The molecule has 0 saturated carbocycles. The van der Waals surface area contributed by atoms with Crippen LogP contribution in [0.4, 0.5) is 0 Å². The second-order valence-electron chi connectivity index (χ2n) is 3.77. The number of benzene rings is 1. The predicted octanol–water partition coefficient (Wildman–Crippen LogP) is 1.90. The van der Waals surface area contributed by atoms with Crippen LogP contribution in [0.2, 0.25) is 0 Å². The molecule has 1 rings (SSSR count). The zero-order chi connectivity index (χ0) is 12.7. The number of methoxy groups -OCH3 is 1. The number of hydrogen-bond donors (Lipinski definition) is 2. The van der Waals surface area contributed by atoms with Gasteiger partial charge in [-0.25, -0.2) is 0 Å². The molecular formula is C12H17N3OS. The van der Waals surface area contributed by atoms with Crippen molar-refractivity contribution in [2.45, 2.75) is 19.9 Å². The molecule has 92 valence electrons. The summed E-state index contributed by atoms with van der Waals surface area (Å²) >= 11 is 5.03. The van der Waals surface area contributed by atoms with Crippen LogP contribution in [0.15, 0.2) is 29.4 Å². The summed E-state index contributed by atoms with van der Waals surface area (Å²) in [6.07, 6.45) is 1.70. The third kappa shape index (κ3) is 5.31. The smallest absolute Gasteiger partial charge is 0.187 e. The Morgan fingerprint density at radius 3 is 2.53 bits per heavy atom. The van der Waals surface area contributed by atoms with Gasteiger partial charge in [-0.15, -0.1) is 0 Å². The van der Waals surface area contributed by atoms with Gasteiger partial charge < -0.3 is 10.1 Å². The Balaban J connectivity index is 2.45. The van der Waals surface area contributed by atoms with Crippen molar-refractivity contribution in [2.24, 2.45) is 5.10 Å². The molecule has 0 unspecified atom stereocenters. The summed E-state index contributed by atoms with van der Waals surface area (Å²) in [5.74, 6) is 0.826. The van der Waals surface area contributed by atoms with Crippen LogP contribution in [-0.4, -0.2) is 24.5 Å². The molecule has 0 spiro atoms. The summed E-state index contributed by atoms with van der Waals surface area (Å²) in [5.41, 5.74) is 3.73. The molecule has 0 aliphatic heterocycles. The largest absolute Gasteiger partial charge is 0.497 e. The lowest BCUT2D eigenvalue weighted by molar-refractivity contribution is 0.415. The normalized spacial score (nSPS) is 10.6. The fourth-order valence-electron chi connectivity index (χ4n) is 1.15. The van der Waals surface area contributed by atoms with Crippen LogP contribution < -0.4 is 15.5 Å². The van der Waals surface area contributed by atoms with Crippen molar-refractivity contribution in [3.8, 4) is 5.75 Å². The van der Waals surface area contributed by atoms with E-state index in [9.17, 15) is 0 Å². The monoisotopic (exact) mass is 251 g/mol. The summed E-state index contributed by atoms with van der Waals surface area (Å²) < 4.78 is 5.06. The maximum Gasteiger partial charge on any atom is 0.187 e. The molecule has 0 saturated heterocycles. The Bertz CT molecular complexity index is 387. The number of hydrogen-bond acceptors (Lipinski definition) is 3. The second-order valence-corrected chi connectivity index (χ2v) is 4.18. The molecule has 5 heteroatoms. The minimum Gasteiger partial charge on any atom is -0.497 e. The molecule has 0 fully saturated rings. The van der Waals surface area contributed by atoms with Crippen LogP contribution in [0.25, 0.3) is 0 Å². The van der Waals surface area contributed by atoms with Gasteiger partial charge in [0.25, 0.3) is 0 Å². The van der Waals surface area contributed by atoms with E-state index >= 15 is 0 Å². The van der Waals surface area contributed by atoms with Gasteiger partial charge in [-0.05, 0) is 55.9 Å². The highest BCUT2D eigenvalue weighted by molar-refractivity contribution is 7.80. The predicted molar refractivity (Wildman–Crippen MR) is 74.6 cm³/mol. The van der Waals surface area contributed by atoms with E-state index in [0.29, 0.717) is 11.2 Å². The summed E-state index contributed by atoms with van der Waals surface area (Å²) in [4.78, 5) is 0. The highest BCUT2D eigenvalue weighted by Gasteiger charge is 1.95. The molecule has 4 nitrogen and oxygen atoms in total. The first-order valence-electron chi connectivity index (χ1n) is 5.35. The van der Waals surface area contributed by atoms with Crippen molar-refractivity contribution >= 4 is 23.5 Å². The highest BCUT2D eigenvalue weighted by atomic mass is 32.1.